The molecule has 0 aliphatic carbocycles. The molecule has 0 spiro atoms. The molecule has 3 aromatic rings. The first-order chi connectivity index (χ1) is 20.3. The fraction of sp³-hybridized carbons (Fsp3) is 0.343. The summed E-state index contributed by atoms with van der Waals surface area (Å²) in [4.78, 5) is 15.5. The van der Waals surface area contributed by atoms with Crippen LogP contribution in [0.5, 0.6) is 0 Å². The lowest BCUT2D eigenvalue weighted by atomic mass is 9.80. The molecule has 2 N–H and O–H groups in total. The number of hydrogen-bond donors (Lipinski definition) is 2. The summed E-state index contributed by atoms with van der Waals surface area (Å²) in [5.41, 5.74) is 5.65. The lowest BCUT2D eigenvalue weighted by molar-refractivity contribution is -0.137. The minimum absolute atomic E-state index is 0.0478. The minimum Gasteiger partial charge on any atom is -0.481 e. The largest absolute Gasteiger partial charge is 0.481 e. The van der Waals surface area contributed by atoms with Crippen molar-refractivity contribution >= 4 is 33.1 Å². The summed E-state index contributed by atoms with van der Waals surface area (Å²) in [7, 11) is -4.35. The van der Waals surface area contributed by atoms with Crippen LogP contribution >= 0.6 is 0 Å². The molecular weight excluding hydrogens is 560 g/mol. The molecule has 8 heteroatoms. The third-order valence-corrected chi connectivity index (χ3v) is 9.74. The van der Waals surface area contributed by atoms with Gasteiger partial charge in [0.1, 0.15) is 0 Å². The van der Waals surface area contributed by atoms with Crippen LogP contribution in [0.3, 0.4) is 0 Å². The van der Waals surface area contributed by atoms with Gasteiger partial charge in [-0.25, -0.2) is 0 Å². The highest BCUT2D eigenvalue weighted by Crippen LogP contribution is 2.50. The highest BCUT2D eigenvalue weighted by molar-refractivity contribution is 7.85. The predicted octanol–water partition coefficient (Wildman–Crippen LogP) is 7.61. The number of anilines is 3. The summed E-state index contributed by atoms with van der Waals surface area (Å²) < 4.78 is 33.7. The van der Waals surface area contributed by atoms with Crippen LogP contribution in [-0.2, 0) is 25.7 Å². The number of nitrogens with zero attached hydrogens (tertiary/aromatic N) is 2. The number of carbonyl (C=O) groups is 1. The van der Waals surface area contributed by atoms with Crippen LogP contribution < -0.4 is 9.80 Å². The summed E-state index contributed by atoms with van der Waals surface area (Å²) in [6.45, 7) is 9.33. The van der Waals surface area contributed by atoms with Gasteiger partial charge >= 0.3 is 5.97 Å². The number of fused-ring (bicyclic) bond motifs is 2. The number of allylic oxidation sites excluding steroid dienone is 3. The highest BCUT2D eigenvalue weighted by Gasteiger charge is 2.44. The first-order valence-corrected chi connectivity index (χ1v) is 16.2. The first-order valence-electron chi connectivity index (χ1n) is 14.8. The molecule has 7 nitrogen and oxygen atoms in total. The Morgan fingerprint density at radius 1 is 0.884 bits per heavy atom. The van der Waals surface area contributed by atoms with Gasteiger partial charge in [0.15, 0.2) is 0 Å². The Kier molecular flexibility index (Phi) is 8.29. The van der Waals surface area contributed by atoms with Crippen molar-refractivity contribution in [2.24, 2.45) is 0 Å². The summed E-state index contributed by atoms with van der Waals surface area (Å²) >= 11 is 0. The van der Waals surface area contributed by atoms with Crippen molar-refractivity contribution in [1.29, 1.82) is 0 Å². The molecule has 2 heterocycles. The molecule has 3 aromatic carbocycles. The molecule has 0 saturated carbocycles. The molecule has 1 unspecified atom stereocenters. The van der Waals surface area contributed by atoms with E-state index in [2.05, 4.69) is 104 Å². The van der Waals surface area contributed by atoms with E-state index in [-0.39, 0.29) is 22.8 Å². The maximum atomic E-state index is 12.0. The van der Waals surface area contributed by atoms with E-state index in [1.54, 1.807) is 12.1 Å². The van der Waals surface area contributed by atoms with Gasteiger partial charge in [0.2, 0.25) is 0 Å². The number of benzene rings is 3. The van der Waals surface area contributed by atoms with Crippen molar-refractivity contribution in [2.75, 3.05) is 16.3 Å². The van der Waals surface area contributed by atoms with Gasteiger partial charge in [0.05, 0.1) is 10.9 Å². The Balaban J connectivity index is 1.52. The van der Waals surface area contributed by atoms with Gasteiger partial charge < -0.3 is 14.9 Å². The molecule has 5 rings (SSSR count). The molecule has 0 amide bonds. The summed E-state index contributed by atoms with van der Waals surface area (Å²) in [6, 6.07) is 23.8. The van der Waals surface area contributed by atoms with Crippen LogP contribution in [0.15, 0.2) is 102 Å². The van der Waals surface area contributed by atoms with Gasteiger partial charge in [0.25, 0.3) is 10.1 Å². The molecule has 226 valence electrons. The number of carboxylic acid groups (broad SMARTS) is 1. The van der Waals surface area contributed by atoms with Crippen molar-refractivity contribution in [2.45, 2.75) is 75.1 Å². The quantitative estimate of drug-likeness (QED) is 0.183. The van der Waals surface area contributed by atoms with Crippen molar-refractivity contribution in [1.82, 2.24) is 0 Å². The zero-order valence-corrected chi connectivity index (χ0v) is 26.0. The number of rotatable bonds is 10. The normalized spacial score (nSPS) is 19.7. The molecule has 0 saturated heterocycles. The molecule has 2 aliphatic heterocycles. The summed E-state index contributed by atoms with van der Waals surface area (Å²) in [5, 5.41) is 9.03. The Morgan fingerprint density at radius 3 is 2.28 bits per heavy atom. The molecule has 1 atom stereocenters. The zero-order chi connectivity index (χ0) is 31.0. The standard InChI is InChI=1S/C35H40N2O5S/c1-34(2)27-16-10-11-17-30(27)37(25-14-7-5-8-15-25)32(34)19-13-18-31-35(3,4)28-24-26(43(40,41)42)21-22-29(28)36(31)23-12-6-9-20-33(38)39/h5,7-8,10-11,13-19,21-22,24,32H,6,9,12,20,23H2,1-4H3,(H,38,39)(H,40,41,42)/b19-13+,31-18+. The number of carboxylic acids is 1. The molecule has 0 radical (unpaired) electrons. The lowest BCUT2D eigenvalue weighted by Gasteiger charge is -2.32. The zero-order valence-electron chi connectivity index (χ0n) is 25.2. The number of unbranched alkanes of at least 4 members (excludes halogenated alkanes) is 2. The Bertz CT molecular complexity index is 1680. The van der Waals surface area contributed by atoms with Gasteiger partial charge in [-0.2, -0.15) is 8.42 Å². The molecule has 0 fully saturated rings. The van der Waals surface area contributed by atoms with Crippen LogP contribution in [0.4, 0.5) is 17.1 Å². The van der Waals surface area contributed by atoms with E-state index in [0.717, 1.165) is 35.5 Å². The van der Waals surface area contributed by atoms with Crippen molar-refractivity contribution in [3.8, 4) is 0 Å². The molecule has 0 bridgehead atoms. The Morgan fingerprint density at radius 2 is 1.58 bits per heavy atom. The second-order valence-electron chi connectivity index (χ2n) is 12.5. The first kappa shape index (κ1) is 30.6. The van der Waals surface area contributed by atoms with Gasteiger partial charge in [-0.05, 0) is 66.4 Å². The third-order valence-electron chi connectivity index (χ3n) is 8.89. The predicted molar refractivity (Wildman–Crippen MR) is 172 cm³/mol. The SMILES string of the molecule is CC1(C)/C(=C\C=C\C2N(c3ccccc3)c3ccccc3C2(C)C)N(CCCCCC(=O)O)c2ccc(S(=O)(=O)O)cc21. The minimum atomic E-state index is -4.35. The van der Waals surface area contributed by atoms with Gasteiger partial charge in [0, 0.05) is 46.6 Å². The fourth-order valence-corrected chi connectivity index (χ4v) is 7.11. The second-order valence-corrected chi connectivity index (χ2v) is 13.9. The molecular formula is C35H40N2O5S. The van der Waals surface area contributed by atoms with Gasteiger partial charge in [-0.15, -0.1) is 0 Å². The van der Waals surface area contributed by atoms with E-state index < -0.39 is 21.5 Å². The molecule has 43 heavy (non-hydrogen) atoms. The highest BCUT2D eigenvalue weighted by atomic mass is 32.2. The monoisotopic (exact) mass is 600 g/mol. The summed E-state index contributed by atoms with van der Waals surface area (Å²) in [5.74, 6) is -0.794. The lowest BCUT2D eigenvalue weighted by Crippen LogP contribution is -2.37. The van der Waals surface area contributed by atoms with Crippen molar-refractivity contribution in [3.05, 3.63) is 108 Å². The van der Waals surface area contributed by atoms with E-state index >= 15 is 0 Å². The van der Waals surface area contributed by atoms with Crippen LogP contribution in [0.2, 0.25) is 0 Å². The third kappa shape index (κ3) is 5.86. The maximum Gasteiger partial charge on any atom is 0.303 e. The number of aliphatic carboxylic acids is 1. The van der Waals surface area contributed by atoms with Gasteiger partial charge in [-0.3, -0.25) is 9.35 Å². The smallest absolute Gasteiger partial charge is 0.303 e. The van der Waals surface area contributed by atoms with Crippen molar-refractivity contribution in [3.63, 3.8) is 0 Å². The second kappa shape index (κ2) is 11.7. The van der Waals surface area contributed by atoms with Crippen LogP contribution in [-0.4, -0.2) is 36.6 Å². The van der Waals surface area contributed by atoms with Crippen molar-refractivity contribution < 1.29 is 22.9 Å². The summed E-state index contributed by atoms with van der Waals surface area (Å²) in [6.07, 6.45) is 8.77. The topological polar surface area (TPSA) is 98.2 Å². The van der Waals surface area contributed by atoms with Crippen LogP contribution in [0.1, 0.15) is 64.5 Å². The van der Waals surface area contributed by atoms with E-state index in [4.69, 9.17) is 5.11 Å². The van der Waals surface area contributed by atoms with E-state index in [1.165, 1.54) is 17.3 Å². The van der Waals surface area contributed by atoms with E-state index in [1.807, 2.05) is 6.07 Å². The average Bonchev–Trinajstić information content (AvgIpc) is 3.31. The molecule has 2 aliphatic rings. The molecule has 0 aromatic heterocycles. The fourth-order valence-electron chi connectivity index (χ4n) is 6.61. The van der Waals surface area contributed by atoms with Gasteiger partial charge in [-0.1, -0.05) is 82.7 Å². The maximum absolute atomic E-state index is 12.0. The van der Waals surface area contributed by atoms with E-state index in [0.29, 0.717) is 13.0 Å². The Hall–Kier alpha value is -3.88. The number of para-hydroxylation sites is 2. The Labute approximate surface area is 254 Å². The van der Waals surface area contributed by atoms with E-state index in [9.17, 15) is 17.8 Å². The van der Waals surface area contributed by atoms with Crippen LogP contribution in [0, 0.1) is 0 Å². The number of hydrogen-bond acceptors (Lipinski definition) is 5. The van der Waals surface area contributed by atoms with Crippen LogP contribution in [0.25, 0.3) is 0 Å². The average molecular weight is 601 g/mol.